The lowest BCUT2D eigenvalue weighted by atomic mass is 10.1. The number of ether oxygens (including phenoxy) is 2. The van der Waals surface area contributed by atoms with Crippen LogP contribution in [0.4, 0.5) is 0 Å². The quantitative estimate of drug-likeness (QED) is 0.646. The maximum atomic E-state index is 10.7. The molecule has 0 spiro atoms. The molecule has 0 bridgehead atoms. The first-order chi connectivity index (χ1) is 8.34. The SMILES string of the molecule is CC(CCOC(C)CCOC(C)C)=C(C)C(=O)O. The first-order valence-corrected chi connectivity index (χ1v) is 6.47. The van der Waals surface area contributed by atoms with E-state index in [0.29, 0.717) is 25.2 Å². The highest BCUT2D eigenvalue weighted by Gasteiger charge is 2.07. The van der Waals surface area contributed by atoms with Gasteiger partial charge in [-0.25, -0.2) is 4.79 Å². The summed E-state index contributed by atoms with van der Waals surface area (Å²) in [6.07, 6.45) is 1.91. The third-order valence-corrected chi connectivity index (χ3v) is 2.82. The number of carboxylic acid groups (broad SMARTS) is 1. The second-order valence-electron chi connectivity index (χ2n) is 4.85. The zero-order chi connectivity index (χ0) is 14.1. The summed E-state index contributed by atoms with van der Waals surface area (Å²) >= 11 is 0. The van der Waals surface area contributed by atoms with E-state index in [-0.39, 0.29) is 12.2 Å². The van der Waals surface area contributed by atoms with E-state index in [0.717, 1.165) is 12.0 Å². The number of carboxylic acids is 1. The average molecular weight is 258 g/mol. The van der Waals surface area contributed by atoms with Crippen molar-refractivity contribution in [1.82, 2.24) is 0 Å². The fraction of sp³-hybridized carbons (Fsp3) is 0.786. The van der Waals surface area contributed by atoms with Gasteiger partial charge in [-0.05, 0) is 47.5 Å². The summed E-state index contributed by atoms with van der Waals surface area (Å²) in [5.41, 5.74) is 1.28. The van der Waals surface area contributed by atoms with Crippen molar-refractivity contribution in [3.63, 3.8) is 0 Å². The van der Waals surface area contributed by atoms with Crippen LogP contribution in [0.15, 0.2) is 11.1 Å². The van der Waals surface area contributed by atoms with Crippen LogP contribution in [0.3, 0.4) is 0 Å². The second-order valence-corrected chi connectivity index (χ2v) is 4.85. The predicted molar refractivity (Wildman–Crippen MR) is 71.7 cm³/mol. The van der Waals surface area contributed by atoms with Gasteiger partial charge >= 0.3 is 5.97 Å². The molecule has 0 heterocycles. The standard InChI is InChI=1S/C14H26O4/c1-10(2)17-9-7-12(4)18-8-6-11(3)13(5)14(15)16/h10,12H,6-9H2,1-5H3,(H,15,16). The molecule has 0 aromatic heterocycles. The highest BCUT2D eigenvalue weighted by Crippen LogP contribution is 2.09. The van der Waals surface area contributed by atoms with Gasteiger partial charge in [0.1, 0.15) is 0 Å². The van der Waals surface area contributed by atoms with Crippen LogP contribution in [-0.2, 0) is 14.3 Å². The molecule has 1 atom stereocenters. The minimum absolute atomic E-state index is 0.140. The van der Waals surface area contributed by atoms with E-state index in [1.165, 1.54) is 0 Å². The predicted octanol–water partition coefficient (Wildman–Crippen LogP) is 3.02. The van der Waals surface area contributed by atoms with E-state index in [4.69, 9.17) is 14.6 Å². The lowest BCUT2D eigenvalue weighted by Gasteiger charge is -2.14. The van der Waals surface area contributed by atoms with Gasteiger partial charge in [-0.1, -0.05) is 5.57 Å². The first kappa shape index (κ1) is 17.1. The summed E-state index contributed by atoms with van der Waals surface area (Å²) < 4.78 is 11.1. The van der Waals surface area contributed by atoms with Crippen molar-refractivity contribution in [3.05, 3.63) is 11.1 Å². The lowest BCUT2D eigenvalue weighted by molar-refractivity contribution is -0.132. The molecule has 1 unspecified atom stereocenters. The first-order valence-electron chi connectivity index (χ1n) is 6.47. The van der Waals surface area contributed by atoms with Gasteiger partial charge < -0.3 is 14.6 Å². The van der Waals surface area contributed by atoms with Crippen molar-refractivity contribution < 1.29 is 19.4 Å². The topological polar surface area (TPSA) is 55.8 Å². The monoisotopic (exact) mass is 258 g/mol. The van der Waals surface area contributed by atoms with Gasteiger partial charge in [-0.3, -0.25) is 0 Å². The van der Waals surface area contributed by atoms with Gasteiger partial charge in [0, 0.05) is 12.2 Å². The van der Waals surface area contributed by atoms with Gasteiger partial charge in [-0.2, -0.15) is 0 Å². The summed E-state index contributed by atoms with van der Waals surface area (Å²) in [6, 6.07) is 0. The molecule has 4 heteroatoms. The zero-order valence-electron chi connectivity index (χ0n) is 12.2. The maximum Gasteiger partial charge on any atom is 0.331 e. The van der Waals surface area contributed by atoms with Crippen LogP contribution in [0, 0.1) is 0 Å². The Morgan fingerprint density at radius 3 is 2.22 bits per heavy atom. The van der Waals surface area contributed by atoms with Gasteiger partial charge in [0.05, 0.1) is 18.8 Å². The normalized spacial score (nSPS) is 14.6. The summed E-state index contributed by atoms with van der Waals surface area (Å²) in [5, 5.41) is 8.81. The molecule has 18 heavy (non-hydrogen) atoms. The molecule has 0 aliphatic rings. The number of rotatable bonds is 9. The highest BCUT2D eigenvalue weighted by atomic mass is 16.5. The summed E-state index contributed by atoms with van der Waals surface area (Å²) in [5.74, 6) is -0.856. The van der Waals surface area contributed by atoms with Crippen molar-refractivity contribution >= 4 is 5.97 Å². The minimum Gasteiger partial charge on any atom is -0.478 e. The minimum atomic E-state index is -0.856. The van der Waals surface area contributed by atoms with E-state index < -0.39 is 5.97 Å². The number of hydrogen-bond donors (Lipinski definition) is 1. The third kappa shape index (κ3) is 8.25. The van der Waals surface area contributed by atoms with Crippen LogP contribution < -0.4 is 0 Å². The Morgan fingerprint density at radius 1 is 1.11 bits per heavy atom. The van der Waals surface area contributed by atoms with E-state index in [1.54, 1.807) is 6.92 Å². The Morgan fingerprint density at radius 2 is 1.72 bits per heavy atom. The smallest absolute Gasteiger partial charge is 0.331 e. The molecule has 0 fully saturated rings. The van der Waals surface area contributed by atoms with Crippen LogP contribution in [0.25, 0.3) is 0 Å². The van der Waals surface area contributed by atoms with Crippen LogP contribution in [0.5, 0.6) is 0 Å². The summed E-state index contributed by atoms with van der Waals surface area (Å²) in [7, 11) is 0. The van der Waals surface area contributed by atoms with Crippen LogP contribution in [-0.4, -0.2) is 36.5 Å². The molecule has 0 amide bonds. The molecule has 0 radical (unpaired) electrons. The van der Waals surface area contributed by atoms with E-state index in [9.17, 15) is 4.79 Å². The molecule has 0 saturated carbocycles. The largest absolute Gasteiger partial charge is 0.478 e. The second kappa shape index (κ2) is 9.11. The number of hydrogen-bond acceptors (Lipinski definition) is 3. The molecule has 106 valence electrons. The Hall–Kier alpha value is -0.870. The van der Waals surface area contributed by atoms with Gasteiger partial charge in [0.2, 0.25) is 0 Å². The van der Waals surface area contributed by atoms with Gasteiger partial charge in [-0.15, -0.1) is 0 Å². The van der Waals surface area contributed by atoms with Gasteiger partial charge in [0.25, 0.3) is 0 Å². The Bertz CT molecular complexity index is 282. The van der Waals surface area contributed by atoms with Gasteiger partial charge in [0.15, 0.2) is 0 Å². The summed E-state index contributed by atoms with van der Waals surface area (Å²) in [6.45, 7) is 10.7. The third-order valence-electron chi connectivity index (χ3n) is 2.82. The number of carbonyl (C=O) groups is 1. The van der Waals surface area contributed by atoms with Crippen LogP contribution in [0.2, 0.25) is 0 Å². The fourth-order valence-corrected chi connectivity index (χ4v) is 1.34. The average Bonchev–Trinajstić information content (AvgIpc) is 2.27. The van der Waals surface area contributed by atoms with Crippen molar-refractivity contribution in [2.75, 3.05) is 13.2 Å². The molecule has 0 aliphatic carbocycles. The Labute approximate surface area is 110 Å². The lowest BCUT2D eigenvalue weighted by Crippen LogP contribution is -2.15. The van der Waals surface area contributed by atoms with E-state index in [1.807, 2.05) is 27.7 Å². The van der Waals surface area contributed by atoms with Crippen molar-refractivity contribution in [2.45, 2.75) is 59.7 Å². The van der Waals surface area contributed by atoms with E-state index in [2.05, 4.69) is 0 Å². The van der Waals surface area contributed by atoms with Crippen molar-refractivity contribution in [2.24, 2.45) is 0 Å². The molecular formula is C14H26O4. The van der Waals surface area contributed by atoms with Crippen LogP contribution in [0.1, 0.15) is 47.5 Å². The molecule has 0 saturated heterocycles. The Balaban J connectivity index is 3.77. The molecule has 0 aromatic carbocycles. The molecule has 0 aliphatic heterocycles. The van der Waals surface area contributed by atoms with Crippen molar-refractivity contribution in [1.29, 1.82) is 0 Å². The molecular weight excluding hydrogens is 232 g/mol. The summed E-state index contributed by atoms with van der Waals surface area (Å²) in [4.78, 5) is 10.7. The number of aliphatic carboxylic acids is 1. The maximum absolute atomic E-state index is 10.7. The van der Waals surface area contributed by atoms with E-state index >= 15 is 0 Å². The molecule has 4 nitrogen and oxygen atoms in total. The zero-order valence-corrected chi connectivity index (χ0v) is 12.2. The van der Waals surface area contributed by atoms with Crippen LogP contribution >= 0.6 is 0 Å². The molecule has 0 rings (SSSR count). The van der Waals surface area contributed by atoms with Crippen molar-refractivity contribution in [3.8, 4) is 0 Å². The Kier molecular flexibility index (Phi) is 8.67. The highest BCUT2D eigenvalue weighted by molar-refractivity contribution is 5.86. The fourth-order valence-electron chi connectivity index (χ4n) is 1.34. The molecule has 0 aromatic rings. The molecule has 1 N–H and O–H groups in total.